The fraction of sp³-hybridized carbons (Fsp3) is 0.562. The topological polar surface area (TPSA) is 58.4 Å². The fourth-order valence-electron chi connectivity index (χ4n) is 3.74. The molecule has 1 unspecified atom stereocenters. The van der Waals surface area contributed by atoms with Crippen molar-refractivity contribution in [1.29, 1.82) is 0 Å². The molecule has 114 valence electrons. The highest BCUT2D eigenvalue weighted by molar-refractivity contribution is 6.30. The molecule has 3 atom stereocenters. The van der Waals surface area contributed by atoms with Crippen molar-refractivity contribution >= 4 is 17.5 Å². The van der Waals surface area contributed by atoms with Crippen LogP contribution in [-0.4, -0.2) is 35.5 Å². The number of primary amides is 1. The number of carbonyl (C=O) groups excluding carboxylic acids is 1. The van der Waals surface area contributed by atoms with Crippen LogP contribution >= 0.6 is 11.6 Å². The highest BCUT2D eigenvalue weighted by Gasteiger charge is 2.40. The molecule has 5 heteroatoms. The van der Waals surface area contributed by atoms with Gasteiger partial charge in [0.1, 0.15) is 0 Å². The molecule has 2 aliphatic rings. The lowest BCUT2D eigenvalue weighted by Gasteiger charge is -2.39. The molecule has 0 saturated carbocycles. The van der Waals surface area contributed by atoms with Gasteiger partial charge < -0.3 is 11.1 Å². The van der Waals surface area contributed by atoms with E-state index in [1.807, 2.05) is 12.1 Å². The van der Waals surface area contributed by atoms with E-state index in [2.05, 4.69) is 22.3 Å². The number of nitrogens with one attached hydrogen (secondary N) is 1. The zero-order valence-electron chi connectivity index (χ0n) is 12.1. The second kappa shape index (κ2) is 6.34. The molecule has 1 aromatic carbocycles. The number of hydrogen-bond acceptors (Lipinski definition) is 3. The quantitative estimate of drug-likeness (QED) is 0.873. The molecule has 0 aliphatic carbocycles. The van der Waals surface area contributed by atoms with Gasteiger partial charge in [0.15, 0.2) is 0 Å². The molecule has 1 aromatic rings. The average Bonchev–Trinajstić information content (AvgIpc) is 2.70. The number of hydrogen-bond donors (Lipinski definition) is 2. The largest absolute Gasteiger partial charge is 0.369 e. The van der Waals surface area contributed by atoms with Gasteiger partial charge in [0.2, 0.25) is 5.91 Å². The van der Waals surface area contributed by atoms with Crippen LogP contribution in [0.3, 0.4) is 0 Å². The molecule has 2 aliphatic heterocycles. The third kappa shape index (κ3) is 3.57. The van der Waals surface area contributed by atoms with Crippen LogP contribution in [0.2, 0.25) is 5.02 Å². The molecule has 21 heavy (non-hydrogen) atoms. The number of rotatable bonds is 5. The van der Waals surface area contributed by atoms with Crippen LogP contribution in [-0.2, 0) is 11.3 Å². The standard InChI is InChI=1S/C16H22ClN3O/c17-12-3-1-11(2-4-12)10-20-14-5-6-15(20)8-13(7-14)19-9-16(18)21/h1-4,13-15,19H,5-10H2,(H2,18,21)/t13?,14-,15+. The van der Waals surface area contributed by atoms with Crippen LogP contribution in [0, 0.1) is 0 Å². The summed E-state index contributed by atoms with van der Waals surface area (Å²) in [6, 6.07) is 9.80. The maximum absolute atomic E-state index is 10.9. The number of nitrogens with two attached hydrogens (primary N) is 1. The molecule has 2 heterocycles. The molecule has 3 rings (SSSR count). The first-order valence-electron chi connectivity index (χ1n) is 7.63. The minimum Gasteiger partial charge on any atom is -0.369 e. The lowest BCUT2D eigenvalue weighted by atomic mass is 9.96. The Morgan fingerprint density at radius 1 is 1.24 bits per heavy atom. The third-order valence-electron chi connectivity index (χ3n) is 4.73. The minimum atomic E-state index is -0.272. The highest BCUT2D eigenvalue weighted by Crippen LogP contribution is 2.36. The van der Waals surface area contributed by atoms with Crippen LogP contribution < -0.4 is 11.1 Å². The van der Waals surface area contributed by atoms with E-state index >= 15 is 0 Å². The first kappa shape index (κ1) is 14.8. The zero-order valence-corrected chi connectivity index (χ0v) is 12.9. The van der Waals surface area contributed by atoms with Crippen LogP contribution in [0.1, 0.15) is 31.2 Å². The first-order chi connectivity index (χ1) is 10.1. The smallest absolute Gasteiger partial charge is 0.231 e. The number of halogens is 1. The summed E-state index contributed by atoms with van der Waals surface area (Å²) in [5.41, 5.74) is 6.53. The average molecular weight is 308 g/mol. The molecular formula is C16H22ClN3O. The van der Waals surface area contributed by atoms with Crippen molar-refractivity contribution in [2.45, 2.75) is 50.4 Å². The Bertz CT molecular complexity index is 491. The number of benzene rings is 1. The molecular weight excluding hydrogens is 286 g/mol. The Hall–Kier alpha value is -1.10. The van der Waals surface area contributed by atoms with Gasteiger partial charge >= 0.3 is 0 Å². The number of amides is 1. The minimum absolute atomic E-state index is 0.272. The summed E-state index contributed by atoms with van der Waals surface area (Å²) in [6.45, 7) is 1.29. The molecule has 0 radical (unpaired) electrons. The number of carbonyl (C=O) groups is 1. The second-order valence-corrected chi connectivity index (χ2v) is 6.64. The van der Waals surface area contributed by atoms with Crippen molar-refractivity contribution in [3.05, 3.63) is 34.9 Å². The van der Waals surface area contributed by atoms with E-state index in [1.54, 1.807) is 0 Å². The zero-order chi connectivity index (χ0) is 14.8. The SMILES string of the molecule is NC(=O)CNC1C[C@H]2CC[C@@H](C1)N2Cc1ccc(Cl)cc1. The van der Waals surface area contributed by atoms with Gasteiger partial charge in [-0.1, -0.05) is 23.7 Å². The lowest BCUT2D eigenvalue weighted by molar-refractivity contribution is -0.117. The molecule has 4 nitrogen and oxygen atoms in total. The summed E-state index contributed by atoms with van der Waals surface area (Å²) in [5.74, 6) is -0.272. The van der Waals surface area contributed by atoms with Gasteiger partial charge in [-0.25, -0.2) is 0 Å². The van der Waals surface area contributed by atoms with E-state index in [0.717, 1.165) is 24.4 Å². The van der Waals surface area contributed by atoms with Crippen LogP contribution in [0.15, 0.2) is 24.3 Å². The second-order valence-electron chi connectivity index (χ2n) is 6.20. The van der Waals surface area contributed by atoms with E-state index in [1.165, 1.54) is 18.4 Å². The summed E-state index contributed by atoms with van der Waals surface area (Å²) in [4.78, 5) is 13.5. The van der Waals surface area contributed by atoms with E-state index in [9.17, 15) is 4.79 Å². The van der Waals surface area contributed by atoms with Gasteiger partial charge in [-0.3, -0.25) is 9.69 Å². The molecule has 0 aromatic heterocycles. The first-order valence-corrected chi connectivity index (χ1v) is 8.01. The van der Waals surface area contributed by atoms with E-state index in [0.29, 0.717) is 24.7 Å². The Kier molecular flexibility index (Phi) is 4.48. The van der Waals surface area contributed by atoms with Crippen molar-refractivity contribution in [2.75, 3.05) is 6.54 Å². The van der Waals surface area contributed by atoms with Gasteiger partial charge in [-0.15, -0.1) is 0 Å². The number of fused-ring (bicyclic) bond motifs is 2. The highest BCUT2D eigenvalue weighted by atomic mass is 35.5. The normalized spacial score (nSPS) is 28.7. The monoisotopic (exact) mass is 307 g/mol. The Balaban J connectivity index is 1.59. The molecule has 2 bridgehead atoms. The molecule has 0 spiro atoms. The van der Waals surface area contributed by atoms with Crippen molar-refractivity contribution < 1.29 is 4.79 Å². The fourth-order valence-corrected chi connectivity index (χ4v) is 3.87. The Labute approximate surface area is 130 Å². The van der Waals surface area contributed by atoms with Gasteiger partial charge in [0, 0.05) is 29.7 Å². The molecule has 1 amide bonds. The summed E-state index contributed by atoms with van der Waals surface area (Å²) in [7, 11) is 0. The summed E-state index contributed by atoms with van der Waals surface area (Å²) >= 11 is 5.94. The van der Waals surface area contributed by atoms with Crippen molar-refractivity contribution in [3.8, 4) is 0 Å². The van der Waals surface area contributed by atoms with Gasteiger partial charge in [0.05, 0.1) is 6.54 Å². The third-order valence-corrected chi connectivity index (χ3v) is 4.98. The maximum Gasteiger partial charge on any atom is 0.231 e. The van der Waals surface area contributed by atoms with Crippen LogP contribution in [0.4, 0.5) is 0 Å². The van der Waals surface area contributed by atoms with Crippen LogP contribution in [0.25, 0.3) is 0 Å². The van der Waals surface area contributed by atoms with E-state index < -0.39 is 0 Å². The Morgan fingerprint density at radius 2 is 1.86 bits per heavy atom. The van der Waals surface area contributed by atoms with Gasteiger partial charge in [0.25, 0.3) is 0 Å². The van der Waals surface area contributed by atoms with Gasteiger partial charge in [-0.2, -0.15) is 0 Å². The van der Waals surface area contributed by atoms with Crippen molar-refractivity contribution in [3.63, 3.8) is 0 Å². The van der Waals surface area contributed by atoms with Crippen molar-refractivity contribution in [2.24, 2.45) is 5.73 Å². The molecule has 2 saturated heterocycles. The predicted octanol–water partition coefficient (Wildman–Crippen LogP) is 1.91. The Morgan fingerprint density at radius 3 is 2.43 bits per heavy atom. The van der Waals surface area contributed by atoms with E-state index in [-0.39, 0.29) is 5.91 Å². The number of nitrogens with zero attached hydrogens (tertiary/aromatic N) is 1. The van der Waals surface area contributed by atoms with Crippen molar-refractivity contribution in [1.82, 2.24) is 10.2 Å². The lowest BCUT2D eigenvalue weighted by Crippen LogP contribution is -2.50. The maximum atomic E-state index is 10.9. The molecule has 2 fully saturated rings. The van der Waals surface area contributed by atoms with Gasteiger partial charge in [-0.05, 0) is 43.4 Å². The summed E-state index contributed by atoms with van der Waals surface area (Å²) in [6.07, 6.45) is 4.73. The van der Waals surface area contributed by atoms with E-state index in [4.69, 9.17) is 17.3 Å². The van der Waals surface area contributed by atoms with Crippen LogP contribution in [0.5, 0.6) is 0 Å². The summed E-state index contributed by atoms with van der Waals surface area (Å²) in [5, 5.41) is 4.08. The predicted molar refractivity (Wildman–Crippen MR) is 84.0 cm³/mol. The summed E-state index contributed by atoms with van der Waals surface area (Å²) < 4.78 is 0. The molecule has 3 N–H and O–H groups in total. The number of piperidine rings is 1.